The van der Waals surface area contributed by atoms with Gasteiger partial charge < -0.3 is 4.74 Å². The summed E-state index contributed by atoms with van der Waals surface area (Å²) in [4.78, 5) is 14.3. The van der Waals surface area contributed by atoms with Gasteiger partial charge in [0.15, 0.2) is 0 Å². The molecular weight excluding hydrogens is 288 g/mol. The van der Waals surface area contributed by atoms with E-state index in [1.54, 1.807) is 0 Å². The Kier molecular flexibility index (Phi) is 7.40. The number of aryl methyl sites for hydroxylation is 1. The second kappa shape index (κ2) is 9.56. The molecule has 128 valence electrons. The molecule has 0 unspecified atom stereocenters. The molecular formula is C19H30N2O2. The quantitative estimate of drug-likeness (QED) is 0.807. The minimum atomic E-state index is -0.365. The third-order valence-electron chi connectivity index (χ3n) is 4.29. The zero-order valence-corrected chi connectivity index (χ0v) is 14.5. The van der Waals surface area contributed by atoms with Gasteiger partial charge in [0.05, 0.1) is 0 Å². The molecule has 4 nitrogen and oxygen atoms in total. The van der Waals surface area contributed by atoms with E-state index in [1.807, 2.05) is 19.1 Å². The van der Waals surface area contributed by atoms with Crippen LogP contribution < -0.4 is 5.32 Å². The van der Waals surface area contributed by atoms with E-state index in [1.165, 1.54) is 37.7 Å². The molecule has 0 saturated carbocycles. The predicted molar refractivity (Wildman–Crippen MR) is 94.9 cm³/mol. The maximum Gasteiger partial charge on any atom is 0.411 e. The molecule has 1 aromatic rings. The van der Waals surface area contributed by atoms with Gasteiger partial charge in [-0.25, -0.2) is 4.79 Å². The SMILES string of the molecule is CCCCc1ccc(NC(=O)O[C@H](C)CN2CCCCC2)cc1. The van der Waals surface area contributed by atoms with Gasteiger partial charge in [-0.05, 0) is 63.4 Å². The Labute approximate surface area is 140 Å². The van der Waals surface area contributed by atoms with E-state index in [9.17, 15) is 4.79 Å². The van der Waals surface area contributed by atoms with Crippen molar-refractivity contribution in [3.05, 3.63) is 29.8 Å². The van der Waals surface area contributed by atoms with E-state index in [0.29, 0.717) is 0 Å². The van der Waals surface area contributed by atoms with Gasteiger partial charge in [-0.15, -0.1) is 0 Å². The molecule has 2 rings (SSSR count). The van der Waals surface area contributed by atoms with Crippen LogP contribution in [0.1, 0.15) is 51.5 Å². The highest BCUT2D eigenvalue weighted by atomic mass is 16.6. The first-order valence-electron chi connectivity index (χ1n) is 8.96. The molecule has 1 N–H and O–H groups in total. The van der Waals surface area contributed by atoms with Crippen molar-refractivity contribution in [2.24, 2.45) is 0 Å². The highest BCUT2D eigenvalue weighted by Crippen LogP contribution is 2.13. The number of carbonyl (C=O) groups excluding carboxylic acids is 1. The van der Waals surface area contributed by atoms with E-state index in [2.05, 4.69) is 29.3 Å². The maximum atomic E-state index is 12.0. The van der Waals surface area contributed by atoms with Gasteiger partial charge in [0.1, 0.15) is 6.10 Å². The number of piperidine rings is 1. The molecule has 1 heterocycles. The fraction of sp³-hybridized carbons (Fsp3) is 0.632. The lowest BCUT2D eigenvalue weighted by Crippen LogP contribution is -2.37. The first-order chi connectivity index (χ1) is 11.2. The molecule has 23 heavy (non-hydrogen) atoms. The van der Waals surface area contributed by atoms with Crippen molar-refractivity contribution in [2.45, 2.75) is 58.5 Å². The molecule has 1 fully saturated rings. The van der Waals surface area contributed by atoms with Crippen molar-refractivity contribution < 1.29 is 9.53 Å². The monoisotopic (exact) mass is 318 g/mol. The Bertz CT molecular complexity index is 467. The van der Waals surface area contributed by atoms with Gasteiger partial charge in [-0.1, -0.05) is 31.9 Å². The number of benzene rings is 1. The molecule has 1 amide bonds. The molecule has 0 bridgehead atoms. The number of likely N-dealkylation sites (tertiary alicyclic amines) is 1. The Balaban J connectivity index is 1.72. The number of nitrogens with zero attached hydrogens (tertiary/aromatic N) is 1. The maximum absolute atomic E-state index is 12.0. The van der Waals surface area contributed by atoms with Crippen LogP contribution >= 0.6 is 0 Å². The average molecular weight is 318 g/mol. The molecule has 0 radical (unpaired) electrons. The van der Waals surface area contributed by atoms with E-state index >= 15 is 0 Å². The molecule has 1 atom stereocenters. The summed E-state index contributed by atoms with van der Waals surface area (Å²) >= 11 is 0. The van der Waals surface area contributed by atoms with Crippen molar-refractivity contribution in [3.8, 4) is 0 Å². The second-order valence-corrected chi connectivity index (χ2v) is 6.50. The van der Waals surface area contributed by atoms with Crippen LogP contribution in [0.3, 0.4) is 0 Å². The average Bonchev–Trinajstić information content (AvgIpc) is 2.55. The number of unbranched alkanes of at least 4 members (excludes halogenated alkanes) is 1. The molecule has 0 aliphatic carbocycles. The normalized spacial score (nSPS) is 16.8. The molecule has 0 aromatic heterocycles. The summed E-state index contributed by atoms with van der Waals surface area (Å²) in [5, 5.41) is 2.81. The second-order valence-electron chi connectivity index (χ2n) is 6.50. The Hall–Kier alpha value is -1.55. The van der Waals surface area contributed by atoms with Crippen LogP contribution in [0.5, 0.6) is 0 Å². The minimum Gasteiger partial charge on any atom is -0.445 e. The lowest BCUT2D eigenvalue weighted by Gasteiger charge is -2.28. The highest BCUT2D eigenvalue weighted by molar-refractivity contribution is 5.84. The summed E-state index contributed by atoms with van der Waals surface area (Å²) in [5.74, 6) is 0. The standard InChI is InChI=1S/C19H30N2O2/c1-3-4-8-17-9-11-18(12-10-17)20-19(22)23-16(2)15-21-13-6-5-7-14-21/h9-12,16H,3-8,13-15H2,1-2H3,(H,20,22)/t16-/m1/s1. The first kappa shape index (κ1) is 17.8. The molecule has 0 spiro atoms. The Morgan fingerprint density at radius 3 is 2.57 bits per heavy atom. The molecule has 1 aliphatic rings. The van der Waals surface area contributed by atoms with E-state index < -0.39 is 0 Å². The van der Waals surface area contributed by atoms with Gasteiger partial charge in [0.2, 0.25) is 0 Å². The third-order valence-corrected chi connectivity index (χ3v) is 4.29. The van der Waals surface area contributed by atoms with Gasteiger partial charge in [0, 0.05) is 12.2 Å². The lowest BCUT2D eigenvalue weighted by atomic mass is 10.1. The summed E-state index contributed by atoms with van der Waals surface area (Å²) in [5.41, 5.74) is 2.10. The van der Waals surface area contributed by atoms with Gasteiger partial charge in [-0.3, -0.25) is 10.2 Å². The van der Waals surface area contributed by atoms with Crippen LogP contribution in [-0.4, -0.2) is 36.7 Å². The number of ether oxygens (including phenoxy) is 1. The summed E-state index contributed by atoms with van der Waals surface area (Å²) in [6, 6.07) is 8.04. The van der Waals surface area contributed by atoms with Crippen molar-refractivity contribution >= 4 is 11.8 Å². The topological polar surface area (TPSA) is 41.6 Å². The zero-order valence-electron chi connectivity index (χ0n) is 14.5. The van der Waals surface area contributed by atoms with Crippen molar-refractivity contribution in [2.75, 3.05) is 25.0 Å². The predicted octanol–water partition coefficient (Wildman–Crippen LogP) is 4.45. The fourth-order valence-corrected chi connectivity index (χ4v) is 3.01. The highest BCUT2D eigenvalue weighted by Gasteiger charge is 2.16. The Morgan fingerprint density at radius 2 is 1.91 bits per heavy atom. The molecule has 1 aromatic carbocycles. The lowest BCUT2D eigenvalue weighted by molar-refractivity contribution is 0.0833. The molecule has 1 aliphatic heterocycles. The van der Waals surface area contributed by atoms with Crippen molar-refractivity contribution in [1.29, 1.82) is 0 Å². The third kappa shape index (κ3) is 6.61. The minimum absolute atomic E-state index is 0.0862. The summed E-state index contributed by atoms with van der Waals surface area (Å²) < 4.78 is 5.46. The zero-order chi connectivity index (χ0) is 16.5. The first-order valence-corrected chi connectivity index (χ1v) is 8.96. The van der Waals surface area contributed by atoms with Crippen LogP contribution in [0.4, 0.5) is 10.5 Å². The van der Waals surface area contributed by atoms with Gasteiger partial charge in [-0.2, -0.15) is 0 Å². The number of hydrogen-bond donors (Lipinski definition) is 1. The number of rotatable bonds is 7. The summed E-state index contributed by atoms with van der Waals surface area (Å²) in [6.45, 7) is 7.21. The van der Waals surface area contributed by atoms with Gasteiger partial charge >= 0.3 is 6.09 Å². The van der Waals surface area contributed by atoms with Crippen LogP contribution in [0.15, 0.2) is 24.3 Å². The van der Waals surface area contributed by atoms with Crippen LogP contribution in [0, 0.1) is 0 Å². The smallest absolute Gasteiger partial charge is 0.411 e. The van der Waals surface area contributed by atoms with Crippen LogP contribution in [-0.2, 0) is 11.2 Å². The summed E-state index contributed by atoms with van der Waals surface area (Å²) in [6.07, 6.45) is 6.86. The number of amides is 1. The van der Waals surface area contributed by atoms with E-state index in [-0.39, 0.29) is 12.2 Å². The van der Waals surface area contributed by atoms with Crippen molar-refractivity contribution in [1.82, 2.24) is 4.90 Å². The van der Waals surface area contributed by atoms with Crippen molar-refractivity contribution in [3.63, 3.8) is 0 Å². The molecule has 1 saturated heterocycles. The number of hydrogen-bond acceptors (Lipinski definition) is 3. The molecule has 4 heteroatoms. The van der Waals surface area contributed by atoms with Crippen LogP contribution in [0.2, 0.25) is 0 Å². The van der Waals surface area contributed by atoms with E-state index in [0.717, 1.165) is 31.7 Å². The Morgan fingerprint density at radius 1 is 1.22 bits per heavy atom. The fourth-order valence-electron chi connectivity index (χ4n) is 3.01. The number of nitrogens with one attached hydrogen (secondary N) is 1. The number of carbonyl (C=O) groups is 1. The largest absolute Gasteiger partial charge is 0.445 e. The van der Waals surface area contributed by atoms with Crippen LogP contribution in [0.25, 0.3) is 0 Å². The summed E-state index contributed by atoms with van der Waals surface area (Å²) in [7, 11) is 0. The van der Waals surface area contributed by atoms with Gasteiger partial charge in [0.25, 0.3) is 0 Å². The number of anilines is 1. The van der Waals surface area contributed by atoms with E-state index in [4.69, 9.17) is 4.74 Å².